The minimum atomic E-state index is 0.0366. The zero-order valence-electron chi connectivity index (χ0n) is 14.0. The van der Waals surface area contributed by atoms with Crippen molar-refractivity contribution in [2.75, 3.05) is 4.90 Å². The van der Waals surface area contributed by atoms with Crippen LogP contribution in [0.1, 0.15) is 23.7 Å². The molecule has 2 aromatic carbocycles. The molecule has 0 saturated carbocycles. The topological polar surface area (TPSA) is 38.1 Å². The molecule has 0 bridgehead atoms. The number of rotatable bonds is 5. The summed E-state index contributed by atoms with van der Waals surface area (Å²) >= 11 is 0. The molecule has 4 heteroatoms. The average molecular weight is 319 g/mol. The smallest absolute Gasteiger partial charge is 0.224 e. The Morgan fingerprint density at radius 3 is 2.50 bits per heavy atom. The Balaban J connectivity index is 1.83. The zero-order chi connectivity index (χ0) is 16.9. The number of benzene rings is 2. The van der Waals surface area contributed by atoms with Crippen molar-refractivity contribution < 1.29 is 4.79 Å². The lowest BCUT2D eigenvalue weighted by molar-refractivity contribution is -0.116. The van der Waals surface area contributed by atoms with Crippen molar-refractivity contribution >= 4 is 11.6 Å². The third kappa shape index (κ3) is 3.90. The summed E-state index contributed by atoms with van der Waals surface area (Å²) in [6.45, 7) is 4.90. The second-order valence-electron chi connectivity index (χ2n) is 5.95. The van der Waals surface area contributed by atoms with Crippen molar-refractivity contribution in [3.8, 4) is 0 Å². The van der Waals surface area contributed by atoms with Gasteiger partial charge in [0.2, 0.25) is 5.91 Å². The molecule has 0 saturated heterocycles. The van der Waals surface area contributed by atoms with Gasteiger partial charge in [-0.2, -0.15) is 0 Å². The van der Waals surface area contributed by atoms with E-state index in [0.29, 0.717) is 6.54 Å². The number of amides is 1. The molecule has 0 N–H and O–H groups in total. The Kier molecular flexibility index (Phi) is 4.75. The SMILES string of the molecule is CC(=O)N(Cc1ccccc1)c1cccc(Cn2cnc(C)c2)c1. The van der Waals surface area contributed by atoms with Crippen LogP contribution in [0.2, 0.25) is 0 Å². The van der Waals surface area contributed by atoms with Crippen LogP contribution in [0.25, 0.3) is 0 Å². The van der Waals surface area contributed by atoms with E-state index in [1.165, 1.54) is 0 Å². The minimum Gasteiger partial charge on any atom is -0.333 e. The highest BCUT2D eigenvalue weighted by molar-refractivity contribution is 5.91. The highest BCUT2D eigenvalue weighted by Gasteiger charge is 2.12. The fourth-order valence-electron chi connectivity index (χ4n) is 2.74. The maximum absolute atomic E-state index is 12.1. The van der Waals surface area contributed by atoms with Gasteiger partial charge in [0.05, 0.1) is 18.6 Å². The van der Waals surface area contributed by atoms with Crippen LogP contribution >= 0.6 is 0 Å². The molecule has 0 unspecified atom stereocenters. The number of carbonyl (C=O) groups excluding carboxylic acids is 1. The van der Waals surface area contributed by atoms with Gasteiger partial charge in [-0.15, -0.1) is 0 Å². The zero-order valence-corrected chi connectivity index (χ0v) is 14.0. The standard InChI is InChI=1S/C20H21N3O/c1-16-12-22(15-21-16)13-19-9-6-10-20(11-19)23(17(2)24)14-18-7-4-3-5-8-18/h3-12,15H,13-14H2,1-2H3. The van der Waals surface area contributed by atoms with E-state index in [2.05, 4.69) is 17.1 Å². The fourth-order valence-corrected chi connectivity index (χ4v) is 2.74. The molecule has 1 amide bonds. The number of nitrogens with zero attached hydrogens (tertiary/aromatic N) is 3. The first kappa shape index (κ1) is 16.0. The third-order valence-corrected chi connectivity index (χ3v) is 3.91. The van der Waals surface area contributed by atoms with Crippen molar-refractivity contribution in [1.29, 1.82) is 0 Å². The quantitative estimate of drug-likeness (QED) is 0.717. The summed E-state index contributed by atoms with van der Waals surface area (Å²) in [7, 11) is 0. The van der Waals surface area contributed by atoms with E-state index in [-0.39, 0.29) is 5.91 Å². The molecule has 0 aliphatic heterocycles. The van der Waals surface area contributed by atoms with Crippen LogP contribution < -0.4 is 4.90 Å². The molecule has 0 radical (unpaired) electrons. The van der Waals surface area contributed by atoms with Crippen LogP contribution in [0.3, 0.4) is 0 Å². The fraction of sp³-hybridized carbons (Fsp3) is 0.200. The van der Waals surface area contributed by atoms with Gasteiger partial charge in [-0.1, -0.05) is 42.5 Å². The van der Waals surface area contributed by atoms with Gasteiger partial charge in [-0.05, 0) is 30.2 Å². The van der Waals surface area contributed by atoms with Crippen LogP contribution in [0.5, 0.6) is 0 Å². The third-order valence-electron chi connectivity index (χ3n) is 3.91. The summed E-state index contributed by atoms with van der Waals surface area (Å²) in [5, 5.41) is 0. The second-order valence-corrected chi connectivity index (χ2v) is 5.95. The van der Waals surface area contributed by atoms with E-state index in [1.807, 2.05) is 66.5 Å². The Hall–Kier alpha value is -2.88. The number of aryl methyl sites for hydroxylation is 1. The van der Waals surface area contributed by atoms with Gasteiger partial charge in [0.1, 0.15) is 0 Å². The molecule has 0 spiro atoms. The summed E-state index contributed by atoms with van der Waals surface area (Å²) < 4.78 is 2.05. The Morgan fingerprint density at radius 1 is 1.08 bits per heavy atom. The van der Waals surface area contributed by atoms with Gasteiger partial charge in [0.15, 0.2) is 0 Å². The van der Waals surface area contributed by atoms with Gasteiger partial charge >= 0.3 is 0 Å². The van der Waals surface area contributed by atoms with Crippen molar-refractivity contribution in [1.82, 2.24) is 9.55 Å². The van der Waals surface area contributed by atoms with Crippen LogP contribution in [0, 0.1) is 6.92 Å². The van der Waals surface area contributed by atoms with E-state index < -0.39 is 0 Å². The maximum atomic E-state index is 12.1. The highest BCUT2D eigenvalue weighted by atomic mass is 16.2. The van der Waals surface area contributed by atoms with Gasteiger partial charge in [0, 0.05) is 25.4 Å². The largest absolute Gasteiger partial charge is 0.333 e. The molecule has 3 rings (SSSR count). The van der Waals surface area contributed by atoms with Crippen molar-refractivity contribution in [3.05, 3.63) is 83.9 Å². The number of hydrogen-bond donors (Lipinski definition) is 0. The molecular formula is C20H21N3O. The average Bonchev–Trinajstić information content (AvgIpc) is 2.98. The first-order valence-electron chi connectivity index (χ1n) is 8.01. The first-order chi connectivity index (χ1) is 11.6. The molecule has 3 aromatic rings. The summed E-state index contributed by atoms with van der Waals surface area (Å²) in [4.78, 5) is 18.2. The normalized spacial score (nSPS) is 10.6. The molecular weight excluding hydrogens is 298 g/mol. The molecule has 4 nitrogen and oxygen atoms in total. The predicted octanol–water partition coefficient (Wildman–Crippen LogP) is 3.79. The monoisotopic (exact) mass is 319 g/mol. The number of aromatic nitrogens is 2. The van der Waals surface area contributed by atoms with Gasteiger partial charge in [0.25, 0.3) is 0 Å². The van der Waals surface area contributed by atoms with E-state index in [0.717, 1.165) is 29.1 Å². The van der Waals surface area contributed by atoms with E-state index >= 15 is 0 Å². The summed E-state index contributed by atoms with van der Waals surface area (Å²) in [5.41, 5.74) is 4.17. The number of hydrogen-bond acceptors (Lipinski definition) is 2. The lowest BCUT2D eigenvalue weighted by atomic mass is 10.1. The van der Waals surface area contributed by atoms with Crippen LogP contribution in [-0.4, -0.2) is 15.5 Å². The van der Waals surface area contributed by atoms with Gasteiger partial charge in [-0.3, -0.25) is 4.79 Å². The Morgan fingerprint density at radius 2 is 1.83 bits per heavy atom. The van der Waals surface area contributed by atoms with Crippen molar-refractivity contribution in [3.63, 3.8) is 0 Å². The summed E-state index contributed by atoms with van der Waals surface area (Å²) in [6.07, 6.45) is 3.84. The van der Waals surface area contributed by atoms with Gasteiger partial charge in [-0.25, -0.2) is 4.98 Å². The molecule has 1 aromatic heterocycles. The summed E-state index contributed by atoms with van der Waals surface area (Å²) in [6, 6.07) is 18.1. The van der Waals surface area contributed by atoms with Crippen LogP contribution in [-0.2, 0) is 17.9 Å². The molecule has 0 fully saturated rings. The van der Waals surface area contributed by atoms with E-state index in [9.17, 15) is 4.79 Å². The Labute approximate surface area is 142 Å². The molecule has 24 heavy (non-hydrogen) atoms. The summed E-state index contributed by atoms with van der Waals surface area (Å²) in [5.74, 6) is 0.0366. The van der Waals surface area contributed by atoms with Gasteiger partial charge < -0.3 is 9.47 Å². The lowest BCUT2D eigenvalue weighted by Crippen LogP contribution is -2.27. The van der Waals surface area contributed by atoms with E-state index in [1.54, 1.807) is 11.8 Å². The minimum absolute atomic E-state index is 0.0366. The number of anilines is 1. The number of imidazole rings is 1. The molecule has 0 aliphatic rings. The van der Waals surface area contributed by atoms with Crippen molar-refractivity contribution in [2.24, 2.45) is 0 Å². The first-order valence-corrected chi connectivity index (χ1v) is 8.01. The molecule has 122 valence electrons. The lowest BCUT2D eigenvalue weighted by Gasteiger charge is -2.22. The van der Waals surface area contributed by atoms with Crippen LogP contribution in [0.4, 0.5) is 5.69 Å². The number of carbonyl (C=O) groups is 1. The molecule has 0 atom stereocenters. The Bertz CT molecular complexity index is 824. The van der Waals surface area contributed by atoms with Crippen molar-refractivity contribution in [2.45, 2.75) is 26.9 Å². The molecule has 0 aliphatic carbocycles. The van der Waals surface area contributed by atoms with Crippen LogP contribution in [0.15, 0.2) is 67.1 Å². The maximum Gasteiger partial charge on any atom is 0.224 e. The molecule has 1 heterocycles. The second kappa shape index (κ2) is 7.13. The van der Waals surface area contributed by atoms with E-state index in [4.69, 9.17) is 0 Å². The predicted molar refractivity (Wildman–Crippen MR) is 95.8 cm³/mol. The highest BCUT2D eigenvalue weighted by Crippen LogP contribution is 2.20.